The summed E-state index contributed by atoms with van der Waals surface area (Å²) in [6.45, 7) is 12.5. The average molecular weight is 184 g/mol. The molecule has 1 fully saturated rings. The molecule has 2 heteroatoms. The van der Waals surface area contributed by atoms with Crippen molar-refractivity contribution in [2.45, 2.75) is 46.1 Å². The highest BCUT2D eigenvalue weighted by Gasteiger charge is 2.43. The average Bonchev–Trinajstić information content (AvgIpc) is 2.00. The Morgan fingerprint density at radius 3 is 2.38 bits per heavy atom. The summed E-state index contributed by atoms with van der Waals surface area (Å²) in [7, 11) is 0. The van der Waals surface area contributed by atoms with Gasteiger partial charge in [-0.25, -0.2) is 0 Å². The van der Waals surface area contributed by atoms with Gasteiger partial charge < -0.3 is 5.73 Å². The first-order valence-electron chi connectivity index (χ1n) is 5.37. The van der Waals surface area contributed by atoms with E-state index in [0.29, 0.717) is 11.0 Å². The second kappa shape index (κ2) is 3.58. The van der Waals surface area contributed by atoms with Gasteiger partial charge in [0.2, 0.25) is 0 Å². The van der Waals surface area contributed by atoms with Crippen LogP contribution in [0.2, 0.25) is 0 Å². The summed E-state index contributed by atoms with van der Waals surface area (Å²) >= 11 is 0. The summed E-state index contributed by atoms with van der Waals surface area (Å²) in [4.78, 5) is 2.54. The number of nitrogens with two attached hydrogens (primary N) is 1. The van der Waals surface area contributed by atoms with Crippen molar-refractivity contribution in [2.24, 2.45) is 11.1 Å². The molecule has 0 bridgehead atoms. The Labute approximate surface area is 82.5 Å². The van der Waals surface area contributed by atoms with E-state index < -0.39 is 0 Å². The number of piperidine rings is 1. The number of hydrogen-bond acceptors (Lipinski definition) is 2. The SMILES string of the molecule is CC1(C)CCCN(CCN)C1(C)C. The molecule has 0 aliphatic carbocycles. The van der Waals surface area contributed by atoms with Crippen LogP contribution in [-0.2, 0) is 0 Å². The second-order valence-electron chi connectivity index (χ2n) is 5.32. The van der Waals surface area contributed by atoms with Crippen LogP contribution in [-0.4, -0.2) is 30.1 Å². The lowest BCUT2D eigenvalue weighted by molar-refractivity contribution is -0.0282. The van der Waals surface area contributed by atoms with Crippen LogP contribution < -0.4 is 5.73 Å². The predicted octanol–water partition coefficient (Wildman–Crippen LogP) is 1.85. The van der Waals surface area contributed by atoms with E-state index in [1.807, 2.05) is 0 Å². The number of rotatable bonds is 2. The molecule has 0 aromatic carbocycles. The van der Waals surface area contributed by atoms with Gasteiger partial charge in [0, 0.05) is 18.6 Å². The zero-order valence-electron chi connectivity index (χ0n) is 9.56. The Hall–Kier alpha value is -0.0800. The maximum Gasteiger partial charge on any atom is 0.0204 e. The Kier molecular flexibility index (Phi) is 3.03. The predicted molar refractivity (Wildman–Crippen MR) is 57.7 cm³/mol. The van der Waals surface area contributed by atoms with Crippen LogP contribution >= 0.6 is 0 Å². The topological polar surface area (TPSA) is 29.3 Å². The Morgan fingerprint density at radius 2 is 1.85 bits per heavy atom. The van der Waals surface area contributed by atoms with E-state index in [1.165, 1.54) is 19.4 Å². The van der Waals surface area contributed by atoms with Gasteiger partial charge in [0.05, 0.1) is 0 Å². The normalized spacial score (nSPS) is 27.5. The lowest BCUT2D eigenvalue weighted by Crippen LogP contribution is -2.58. The van der Waals surface area contributed by atoms with Crippen molar-refractivity contribution in [3.63, 3.8) is 0 Å². The van der Waals surface area contributed by atoms with Crippen molar-refractivity contribution >= 4 is 0 Å². The molecular formula is C11H24N2. The van der Waals surface area contributed by atoms with E-state index in [4.69, 9.17) is 5.73 Å². The van der Waals surface area contributed by atoms with Crippen molar-refractivity contribution < 1.29 is 0 Å². The van der Waals surface area contributed by atoms with Gasteiger partial charge in [-0.3, -0.25) is 4.90 Å². The van der Waals surface area contributed by atoms with E-state index in [1.54, 1.807) is 0 Å². The summed E-state index contributed by atoms with van der Waals surface area (Å²) in [6.07, 6.45) is 2.65. The van der Waals surface area contributed by atoms with Crippen LogP contribution in [0.4, 0.5) is 0 Å². The van der Waals surface area contributed by atoms with Gasteiger partial charge in [0.15, 0.2) is 0 Å². The summed E-state index contributed by atoms with van der Waals surface area (Å²) < 4.78 is 0. The molecule has 2 nitrogen and oxygen atoms in total. The lowest BCUT2D eigenvalue weighted by atomic mass is 9.68. The maximum atomic E-state index is 5.63. The molecule has 0 spiro atoms. The molecule has 1 heterocycles. The van der Waals surface area contributed by atoms with Crippen LogP contribution in [0, 0.1) is 5.41 Å². The molecule has 78 valence electrons. The fourth-order valence-corrected chi connectivity index (χ4v) is 2.27. The molecule has 13 heavy (non-hydrogen) atoms. The fraction of sp³-hybridized carbons (Fsp3) is 1.00. The first-order valence-corrected chi connectivity index (χ1v) is 5.37. The molecular weight excluding hydrogens is 160 g/mol. The van der Waals surface area contributed by atoms with Gasteiger partial charge in [-0.1, -0.05) is 13.8 Å². The largest absolute Gasteiger partial charge is 0.329 e. The third kappa shape index (κ3) is 1.89. The smallest absolute Gasteiger partial charge is 0.0204 e. The Balaban J connectivity index is 2.75. The number of hydrogen-bond donors (Lipinski definition) is 1. The fourth-order valence-electron chi connectivity index (χ4n) is 2.27. The van der Waals surface area contributed by atoms with E-state index in [2.05, 4.69) is 32.6 Å². The van der Waals surface area contributed by atoms with E-state index in [9.17, 15) is 0 Å². The van der Waals surface area contributed by atoms with Crippen molar-refractivity contribution in [1.82, 2.24) is 4.90 Å². The highest BCUT2D eigenvalue weighted by molar-refractivity contribution is 4.98. The number of nitrogens with zero attached hydrogens (tertiary/aromatic N) is 1. The van der Waals surface area contributed by atoms with E-state index in [-0.39, 0.29) is 0 Å². The minimum Gasteiger partial charge on any atom is -0.329 e. The highest BCUT2D eigenvalue weighted by atomic mass is 15.2. The summed E-state index contributed by atoms with van der Waals surface area (Å²) in [6, 6.07) is 0. The second-order valence-corrected chi connectivity index (χ2v) is 5.32. The zero-order valence-corrected chi connectivity index (χ0v) is 9.56. The minimum atomic E-state index is 0.296. The van der Waals surface area contributed by atoms with Gasteiger partial charge in [-0.15, -0.1) is 0 Å². The summed E-state index contributed by atoms with van der Waals surface area (Å²) in [5.41, 5.74) is 6.34. The first-order chi connectivity index (χ1) is 5.92. The van der Waals surface area contributed by atoms with Crippen molar-refractivity contribution in [1.29, 1.82) is 0 Å². The van der Waals surface area contributed by atoms with Crippen molar-refractivity contribution in [3.8, 4) is 0 Å². The van der Waals surface area contributed by atoms with Crippen molar-refractivity contribution in [2.75, 3.05) is 19.6 Å². The summed E-state index contributed by atoms with van der Waals surface area (Å²) in [5.74, 6) is 0. The lowest BCUT2D eigenvalue weighted by Gasteiger charge is -2.53. The molecule has 0 atom stereocenters. The van der Waals surface area contributed by atoms with E-state index >= 15 is 0 Å². The van der Waals surface area contributed by atoms with Crippen molar-refractivity contribution in [3.05, 3.63) is 0 Å². The molecule has 1 aliphatic rings. The van der Waals surface area contributed by atoms with E-state index in [0.717, 1.165) is 13.1 Å². The Bertz CT molecular complexity index is 171. The zero-order chi connectivity index (χ0) is 10.1. The van der Waals surface area contributed by atoms with Gasteiger partial charge in [0.25, 0.3) is 0 Å². The summed E-state index contributed by atoms with van der Waals surface area (Å²) in [5, 5.41) is 0. The van der Waals surface area contributed by atoms with Gasteiger partial charge >= 0.3 is 0 Å². The molecule has 1 saturated heterocycles. The third-order valence-corrected chi connectivity index (χ3v) is 4.08. The van der Waals surface area contributed by atoms with Gasteiger partial charge in [-0.2, -0.15) is 0 Å². The quantitative estimate of drug-likeness (QED) is 0.709. The van der Waals surface area contributed by atoms with Crippen LogP contribution in [0.25, 0.3) is 0 Å². The van der Waals surface area contributed by atoms with Crippen LogP contribution in [0.1, 0.15) is 40.5 Å². The first kappa shape index (κ1) is 11.0. The molecule has 0 aromatic heterocycles. The standard InChI is InChI=1S/C11H24N2/c1-10(2)6-5-8-13(9-7-12)11(10,3)4/h5-9,12H2,1-4H3. The monoisotopic (exact) mass is 184 g/mol. The molecule has 1 aliphatic heterocycles. The third-order valence-electron chi connectivity index (χ3n) is 4.08. The molecule has 0 amide bonds. The number of likely N-dealkylation sites (tertiary alicyclic amines) is 1. The van der Waals surface area contributed by atoms with Crippen LogP contribution in [0.5, 0.6) is 0 Å². The highest BCUT2D eigenvalue weighted by Crippen LogP contribution is 2.42. The molecule has 0 saturated carbocycles. The maximum absolute atomic E-state index is 5.63. The molecule has 2 N–H and O–H groups in total. The molecule has 1 rings (SSSR count). The van der Waals surface area contributed by atoms with Crippen LogP contribution in [0.3, 0.4) is 0 Å². The van der Waals surface area contributed by atoms with Gasteiger partial charge in [-0.05, 0) is 38.6 Å². The molecule has 0 unspecified atom stereocenters. The van der Waals surface area contributed by atoms with Crippen LogP contribution in [0.15, 0.2) is 0 Å². The molecule has 0 radical (unpaired) electrons. The Morgan fingerprint density at radius 1 is 1.23 bits per heavy atom. The molecule has 0 aromatic rings. The minimum absolute atomic E-state index is 0.296. The van der Waals surface area contributed by atoms with Gasteiger partial charge in [0.1, 0.15) is 0 Å².